The van der Waals surface area contributed by atoms with Gasteiger partial charge in [-0.25, -0.2) is 10.1 Å². The molecule has 1 atom stereocenters. The normalized spacial score (nSPS) is 22.5. The molecule has 1 saturated heterocycles. The highest BCUT2D eigenvalue weighted by atomic mass is 16.7. The monoisotopic (exact) mass is 259 g/mol. The second-order valence-electron chi connectivity index (χ2n) is 4.20. The summed E-state index contributed by atoms with van der Waals surface area (Å²) < 4.78 is 5.22. The first-order valence-electron chi connectivity index (χ1n) is 5.78. The summed E-state index contributed by atoms with van der Waals surface area (Å²) in [4.78, 5) is 12.6. The van der Waals surface area contributed by atoms with Crippen molar-refractivity contribution in [3.63, 3.8) is 0 Å². The molecule has 0 spiro atoms. The zero-order valence-electron chi connectivity index (χ0n) is 9.94. The Balaban J connectivity index is 1.70. The number of nitro groups is 1. The van der Waals surface area contributed by atoms with E-state index in [2.05, 4.69) is 10.4 Å². The van der Waals surface area contributed by atoms with Gasteiger partial charge in [-0.05, 0) is 5.12 Å². The first-order chi connectivity index (χ1) is 8.65. The van der Waals surface area contributed by atoms with Gasteiger partial charge in [0.15, 0.2) is 5.03 Å². The van der Waals surface area contributed by atoms with Crippen LogP contribution in [0.2, 0.25) is 0 Å². The average Bonchev–Trinajstić information content (AvgIpc) is 2.78. The number of nitrogens with zero attached hydrogens (tertiary/aromatic N) is 4. The molecule has 2 rings (SSSR count). The lowest BCUT2D eigenvalue weighted by Crippen LogP contribution is -2.48. The molecule has 0 aromatic carbocycles. The van der Waals surface area contributed by atoms with Gasteiger partial charge in [0, 0.05) is 25.8 Å². The second kappa shape index (κ2) is 5.96. The highest BCUT2D eigenvalue weighted by Crippen LogP contribution is 2.04. The van der Waals surface area contributed by atoms with Gasteiger partial charge in [-0.3, -0.25) is 9.91 Å². The summed E-state index contributed by atoms with van der Waals surface area (Å²) in [6, 6.07) is 0. The molecule has 0 bridgehead atoms. The molecule has 2 heterocycles. The molecule has 0 amide bonds. The van der Waals surface area contributed by atoms with Crippen molar-refractivity contribution in [2.24, 2.45) is 0 Å². The third kappa shape index (κ3) is 3.53. The Hall–Kier alpha value is -1.42. The average molecular weight is 259 g/mol. The summed E-state index contributed by atoms with van der Waals surface area (Å²) >= 11 is 0. The van der Waals surface area contributed by atoms with Gasteiger partial charge in [-0.15, -0.1) is 0 Å². The molecule has 2 aliphatic heterocycles. The SMILES string of the molecule is O=[N+]([O-])N1C=CN(CC(O)CN2CCOCC2)N1. The third-order valence-electron chi connectivity index (χ3n) is 2.77. The number of β-amino-alcohol motifs (C(OH)–C–C–N with tert-alkyl or cyclic N) is 1. The minimum absolute atomic E-state index is 0.290. The number of aliphatic hydroxyl groups is 1. The van der Waals surface area contributed by atoms with Crippen molar-refractivity contribution >= 4 is 0 Å². The topological polar surface area (TPSA) is 94.4 Å². The van der Waals surface area contributed by atoms with E-state index in [1.165, 1.54) is 17.4 Å². The predicted molar refractivity (Wildman–Crippen MR) is 61.1 cm³/mol. The van der Waals surface area contributed by atoms with E-state index in [0.717, 1.165) is 18.2 Å². The smallest absolute Gasteiger partial charge is 0.182 e. The molecule has 9 nitrogen and oxygen atoms in total. The van der Waals surface area contributed by atoms with Gasteiger partial charge in [0.1, 0.15) is 6.20 Å². The molecule has 0 aromatic heterocycles. The second-order valence-corrected chi connectivity index (χ2v) is 4.20. The Morgan fingerprint density at radius 2 is 2.11 bits per heavy atom. The quantitative estimate of drug-likeness (QED) is 0.449. The molecule has 2 N–H and O–H groups in total. The number of morpholine rings is 1. The van der Waals surface area contributed by atoms with Crippen molar-refractivity contribution in [2.45, 2.75) is 6.10 Å². The molecular formula is C9H17N5O4. The van der Waals surface area contributed by atoms with E-state index in [1.54, 1.807) is 0 Å². The van der Waals surface area contributed by atoms with Gasteiger partial charge < -0.3 is 9.84 Å². The van der Waals surface area contributed by atoms with Crippen LogP contribution in [0.25, 0.3) is 0 Å². The minimum atomic E-state index is -0.579. The Morgan fingerprint density at radius 3 is 2.72 bits per heavy atom. The van der Waals surface area contributed by atoms with Crippen LogP contribution in [-0.4, -0.2) is 70.7 Å². The van der Waals surface area contributed by atoms with Crippen LogP contribution in [0.15, 0.2) is 12.4 Å². The molecule has 9 heteroatoms. The van der Waals surface area contributed by atoms with E-state index in [1.807, 2.05) is 0 Å². The largest absolute Gasteiger partial charge is 0.390 e. The Morgan fingerprint density at radius 1 is 1.39 bits per heavy atom. The van der Waals surface area contributed by atoms with Crippen LogP contribution in [0.5, 0.6) is 0 Å². The zero-order valence-corrected chi connectivity index (χ0v) is 9.94. The molecule has 102 valence electrons. The van der Waals surface area contributed by atoms with E-state index < -0.39 is 11.1 Å². The number of nitrogens with one attached hydrogen (secondary N) is 1. The maximum Gasteiger partial charge on any atom is 0.182 e. The zero-order chi connectivity index (χ0) is 13.0. The fourth-order valence-corrected chi connectivity index (χ4v) is 1.90. The van der Waals surface area contributed by atoms with Crippen molar-refractivity contribution in [2.75, 3.05) is 39.4 Å². The van der Waals surface area contributed by atoms with Gasteiger partial charge in [0.25, 0.3) is 0 Å². The van der Waals surface area contributed by atoms with Crippen molar-refractivity contribution in [3.05, 3.63) is 22.5 Å². The molecule has 0 radical (unpaired) electrons. The van der Waals surface area contributed by atoms with Crippen molar-refractivity contribution in [3.8, 4) is 0 Å². The molecular weight excluding hydrogens is 242 g/mol. The minimum Gasteiger partial charge on any atom is -0.390 e. The Bertz CT molecular complexity index is 320. The molecule has 18 heavy (non-hydrogen) atoms. The highest BCUT2D eigenvalue weighted by molar-refractivity contribution is 4.84. The van der Waals surface area contributed by atoms with E-state index in [9.17, 15) is 15.2 Å². The predicted octanol–water partition coefficient (Wildman–Crippen LogP) is -1.62. The van der Waals surface area contributed by atoms with Gasteiger partial charge in [0.2, 0.25) is 0 Å². The van der Waals surface area contributed by atoms with Gasteiger partial charge in [0.05, 0.1) is 25.9 Å². The summed E-state index contributed by atoms with van der Waals surface area (Å²) in [6.07, 6.45) is 2.24. The Kier molecular flexibility index (Phi) is 4.31. The molecule has 0 aliphatic carbocycles. The molecule has 2 aliphatic rings. The van der Waals surface area contributed by atoms with Crippen LogP contribution >= 0.6 is 0 Å². The van der Waals surface area contributed by atoms with Crippen LogP contribution in [-0.2, 0) is 4.74 Å². The summed E-state index contributed by atoms with van der Waals surface area (Å²) in [5.41, 5.74) is 2.51. The lowest BCUT2D eigenvalue weighted by atomic mass is 10.3. The number of hydrazine groups is 3. The van der Waals surface area contributed by atoms with Crippen LogP contribution in [0.1, 0.15) is 0 Å². The van der Waals surface area contributed by atoms with Crippen LogP contribution in [0, 0.1) is 10.1 Å². The first kappa shape index (κ1) is 13.0. The summed E-state index contributed by atoms with van der Waals surface area (Å²) in [5.74, 6) is 0. The molecule has 0 aromatic rings. The van der Waals surface area contributed by atoms with Crippen LogP contribution in [0.3, 0.4) is 0 Å². The lowest BCUT2D eigenvalue weighted by molar-refractivity contribution is -0.657. The number of hydrogen-bond acceptors (Lipinski definition) is 7. The van der Waals surface area contributed by atoms with E-state index in [0.29, 0.717) is 19.8 Å². The number of hydrogen-bond donors (Lipinski definition) is 2. The van der Waals surface area contributed by atoms with E-state index >= 15 is 0 Å². The number of aliphatic hydroxyl groups excluding tert-OH is 1. The standard InChI is InChI=1S/C9H17N5O4/c15-9(7-11-3-5-18-6-4-11)8-12-1-2-13(10-12)14(16)17/h1-2,9-10,15H,3-8H2. The van der Waals surface area contributed by atoms with Gasteiger partial charge in [-0.2, -0.15) is 0 Å². The highest BCUT2D eigenvalue weighted by Gasteiger charge is 2.23. The molecule has 0 saturated carbocycles. The van der Waals surface area contributed by atoms with Gasteiger partial charge in [-0.1, -0.05) is 5.53 Å². The van der Waals surface area contributed by atoms with E-state index in [-0.39, 0.29) is 6.54 Å². The maximum absolute atomic E-state index is 10.5. The van der Waals surface area contributed by atoms with Crippen molar-refractivity contribution < 1.29 is 14.9 Å². The fraction of sp³-hybridized carbons (Fsp3) is 0.778. The lowest BCUT2D eigenvalue weighted by Gasteiger charge is -2.29. The maximum atomic E-state index is 10.5. The third-order valence-corrected chi connectivity index (χ3v) is 2.77. The number of rotatable bonds is 5. The van der Waals surface area contributed by atoms with Crippen molar-refractivity contribution in [1.82, 2.24) is 20.6 Å². The first-order valence-corrected chi connectivity index (χ1v) is 5.78. The number of ether oxygens (including phenoxy) is 1. The van der Waals surface area contributed by atoms with Crippen LogP contribution in [0.4, 0.5) is 0 Å². The van der Waals surface area contributed by atoms with Crippen molar-refractivity contribution in [1.29, 1.82) is 0 Å². The van der Waals surface area contributed by atoms with E-state index in [4.69, 9.17) is 4.74 Å². The molecule has 1 fully saturated rings. The van der Waals surface area contributed by atoms with Gasteiger partial charge >= 0.3 is 0 Å². The summed E-state index contributed by atoms with van der Waals surface area (Å²) in [6.45, 7) is 3.81. The fourth-order valence-electron chi connectivity index (χ4n) is 1.90. The Labute approximate surface area is 104 Å². The molecule has 1 unspecified atom stereocenters. The summed E-state index contributed by atoms with van der Waals surface area (Å²) in [5, 5.41) is 22.0. The summed E-state index contributed by atoms with van der Waals surface area (Å²) in [7, 11) is 0. The van der Waals surface area contributed by atoms with Crippen LogP contribution < -0.4 is 5.53 Å².